The smallest absolute Gasteiger partial charge is 0.408 e. The standard InChI is InChI=1S/C38H35N7O3S/c1-37(2,3)48-36(47)44-38(19-7-20-38)25-15-11-24(12-16-25)32-31(23-13-17-26(18-14-23)40-35-42-30(46)22-49-35)43-34-27-8-4-5-9-28(27)41-33-29(45(32)34)10-6-21-39-33/h4-6,8-18,21H,7,19-20,22H2,1-3H3,(H,39,41)(H,44,47)(H,40,42,46). The highest BCUT2D eigenvalue weighted by Crippen LogP contribution is 2.46. The average Bonchev–Trinajstić information content (AvgIpc) is 3.63. The summed E-state index contributed by atoms with van der Waals surface area (Å²) in [5, 5.41) is 10.6. The number of nitrogens with zero attached hydrogens (tertiary/aromatic N) is 4. The van der Waals surface area contributed by atoms with Crippen LogP contribution in [0, 0.1) is 0 Å². The molecule has 49 heavy (non-hydrogen) atoms. The van der Waals surface area contributed by atoms with Gasteiger partial charge in [-0.15, -0.1) is 0 Å². The first kappa shape index (κ1) is 30.9. The zero-order valence-electron chi connectivity index (χ0n) is 27.4. The van der Waals surface area contributed by atoms with E-state index in [1.807, 2.05) is 69.3 Å². The van der Waals surface area contributed by atoms with Crippen molar-refractivity contribution in [1.29, 1.82) is 0 Å². The lowest BCUT2D eigenvalue weighted by molar-refractivity contribution is -0.115. The number of aliphatic imine (C=N–C) groups is 1. The van der Waals surface area contributed by atoms with E-state index in [4.69, 9.17) is 14.7 Å². The van der Waals surface area contributed by atoms with Crippen LogP contribution in [-0.2, 0) is 15.1 Å². The van der Waals surface area contributed by atoms with Gasteiger partial charge in [0.05, 0.1) is 34.1 Å². The summed E-state index contributed by atoms with van der Waals surface area (Å²) < 4.78 is 7.81. The monoisotopic (exact) mass is 669 g/mol. The third-order valence-corrected chi connectivity index (χ3v) is 9.81. The number of nitrogens with one attached hydrogen (secondary N) is 3. The van der Waals surface area contributed by atoms with Crippen molar-refractivity contribution in [2.45, 2.75) is 51.2 Å². The molecule has 3 aliphatic rings. The molecule has 2 aromatic heterocycles. The van der Waals surface area contributed by atoms with Crippen molar-refractivity contribution in [3.05, 3.63) is 96.7 Å². The number of fused-ring (bicyclic) bond motifs is 5. The van der Waals surface area contributed by atoms with Crippen molar-refractivity contribution in [2.75, 3.05) is 16.4 Å². The summed E-state index contributed by atoms with van der Waals surface area (Å²) in [6.45, 7) is 5.62. The fourth-order valence-corrected chi connectivity index (χ4v) is 7.24. The molecule has 5 aromatic rings. The molecule has 1 saturated carbocycles. The Hall–Kier alpha value is -5.42. The van der Waals surface area contributed by atoms with Crippen molar-refractivity contribution < 1.29 is 14.3 Å². The predicted molar refractivity (Wildman–Crippen MR) is 194 cm³/mol. The van der Waals surface area contributed by atoms with Crippen molar-refractivity contribution in [3.63, 3.8) is 0 Å². The van der Waals surface area contributed by atoms with Gasteiger partial charge in [0.1, 0.15) is 11.4 Å². The Morgan fingerprint density at radius 3 is 2.41 bits per heavy atom. The Balaban J connectivity index is 1.25. The number of hydrogen-bond acceptors (Lipinski definition) is 8. The van der Waals surface area contributed by atoms with E-state index in [9.17, 15) is 9.59 Å². The van der Waals surface area contributed by atoms with E-state index in [-0.39, 0.29) is 5.91 Å². The maximum absolute atomic E-state index is 12.9. The number of hydrogen-bond donors (Lipinski definition) is 3. The molecular formula is C38H35N7O3S. The highest BCUT2D eigenvalue weighted by Gasteiger charge is 2.41. The highest BCUT2D eigenvalue weighted by molar-refractivity contribution is 8.15. The van der Waals surface area contributed by atoms with Crippen LogP contribution in [0.15, 0.2) is 96.1 Å². The summed E-state index contributed by atoms with van der Waals surface area (Å²) >= 11 is 1.40. The van der Waals surface area contributed by atoms with Gasteiger partial charge in [0.15, 0.2) is 11.0 Å². The van der Waals surface area contributed by atoms with Crippen LogP contribution in [0.4, 0.5) is 22.0 Å². The number of alkyl carbamates (subject to hydrolysis) is 1. The summed E-state index contributed by atoms with van der Waals surface area (Å²) in [7, 11) is 0. The zero-order chi connectivity index (χ0) is 33.8. The molecule has 0 atom stereocenters. The van der Waals surface area contributed by atoms with Gasteiger partial charge < -0.3 is 20.7 Å². The summed E-state index contributed by atoms with van der Waals surface area (Å²) in [5.74, 6) is 1.75. The Kier molecular flexibility index (Phi) is 7.51. The maximum Gasteiger partial charge on any atom is 0.408 e. The highest BCUT2D eigenvalue weighted by atomic mass is 32.2. The second-order valence-corrected chi connectivity index (χ2v) is 14.4. The normalized spacial score (nSPS) is 15.8. The summed E-state index contributed by atoms with van der Waals surface area (Å²) in [6, 6.07) is 28.6. The number of ether oxygens (including phenoxy) is 1. The van der Waals surface area contributed by atoms with Gasteiger partial charge in [0.25, 0.3) is 5.91 Å². The number of rotatable bonds is 5. The quantitative estimate of drug-likeness (QED) is 0.168. The fourth-order valence-electron chi connectivity index (χ4n) is 6.56. The van der Waals surface area contributed by atoms with E-state index in [2.05, 4.69) is 61.9 Å². The molecule has 0 spiro atoms. The SMILES string of the molecule is CC(C)(C)OC(=O)NC1(c2ccc(-c3c(-c4ccc(NC5=NC(=O)CS5)cc4)nc4n3-c3cccnc3Nc3ccccc3-4)cc2)CCC1. The van der Waals surface area contributed by atoms with E-state index in [0.717, 1.165) is 81.6 Å². The summed E-state index contributed by atoms with van der Waals surface area (Å²) in [5.41, 5.74) is 7.22. The lowest BCUT2D eigenvalue weighted by atomic mass is 9.71. The molecule has 0 radical (unpaired) electrons. The molecule has 10 nitrogen and oxygen atoms in total. The fraction of sp³-hybridized carbons (Fsp3) is 0.237. The molecule has 0 saturated heterocycles. The lowest BCUT2D eigenvalue weighted by Crippen LogP contribution is -2.52. The summed E-state index contributed by atoms with van der Waals surface area (Å²) in [6.07, 6.45) is 4.10. The number of pyridine rings is 1. The Bertz CT molecular complexity index is 2130. The number of thioether (sulfide) groups is 1. The van der Waals surface area contributed by atoms with Crippen molar-refractivity contribution in [3.8, 4) is 39.6 Å². The second kappa shape index (κ2) is 11.9. The molecule has 1 aliphatic carbocycles. The molecule has 2 aliphatic heterocycles. The van der Waals surface area contributed by atoms with E-state index in [0.29, 0.717) is 10.9 Å². The van der Waals surface area contributed by atoms with Gasteiger partial charge in [0, 0.05) is 28.6 Å². The minimum atomic E-state index is -0.579. The van der Waals surface area contributed by atoms with E-state index in [1.165, 1.54) is 11.8 Å². The van der Waals surface area contributed by atoms with Crippen LogP contribution in [0.5, 0.6) is 0 Å². The molecule has 246 valence electrons. The van der Waals surface area contributed by atoms with Crippen LogP contribution in [0.2, 0.25) is 0 Å². The van der Waals surface area contributed by atoms with Crippen molar-refractivity contribution >= 4 is 46.1 Å². The van der Waals surface area contributed by atoms with Gasteiger partial charge >= 0.3 is 6.09 Å². The number of amidine groups is 1. The Morgan fingerprint density at radius 2 is 1.71 bits per heavy atom. The molecule has 3 aromatic carbocycles. The van der Waals surface area contributed by atoms with Gasteiger partial charge in [-0.25, -0.2) is 14.8 Å². The minimum Gasteiger partial charge on any atom is -0.444 e. The van der Waals surface area contributed by atoms with E-state index >= 15 is 0 Å². The molecule has 0 unspecified atom stereocenters. The first-order chi connectivity index (χ1) is 23.7. The van der Waals surface area contributed by atoms with Crippen LogP contribution in [0.1, 0.15) is 45.6 Å². The topological polar surface area (TPSA) is 123 Å². The number of anilines is 3. The van der Waals surface area contributed by atoms with Crippen LogP contribution in [0.3, 0.4) is 0 Å². The van der Waals surface area contributed by atoms with Gasteiger partial charge in [-0.2, -0.15) is 4.99 Å². The number of benzene rings is 3. The molecule has 0 bridgehead atoms. The van der Waals surface area contributed by atoms with Crippen molar-refractivity contribution in [1.82, 2.24) is 19.9 Å². The van der Waals surface area contributed by atoms with E-state index < -0.39 is 17.2 Å². The maximum atomic E-state index is 12.9. The van der Waals surface area contributed by atoms with Crippen LogP contribution in [0.25, 0.3) is 39.6 Å². The molecule has 11 heteroatoms. The summed E-state index contributed by atoms with van der Waals surface area (Å²) in [4.78, 5) is 38.6. The number of amides is 2. The van der Waals surface area contributed by atoms with Crippen molar-refractivity contribution in [2.24, 2.45) is 4.99 Å². The lowest BCUT2D eigenvalue weighted by Gasteiger charge is -2.43. The molecule has 8 rings (SSSR count). The Labute approximate surface area is 288 Å². The van der Waals surface area contributed by atoms with Crippen LogP contribution < -0.4 is 16.0 Å². The minimum absolute atomic E-state index is 0.132. The van der Waals surface area contributed by atoms with Crippen LogP contribution >= 0.6 is 11.8 Å². The van der Waals surface area contributed by atoms with Gasteiger partial charge in [-0.1, -0.05) is 60.3 Å². The molecule has 2 amide bonds. The third kappa shape index (κ3) is 5.84. The molecule has 3 N–H and O–H groups in total. The van der Waals surface area contributed by atoms with E-state index in [1.54, 1.807) is 6.20 Å². The number of aromatic nitrogens is 3. The van der Waals surface area contributed by atoms with Gasteiger partial charge in [-0.05, 0) is 82.0 Å². The molecule has 1 fully saturated rings. The molecular weight excluding hydrogens is 635 g/mol. The Morgan fingerprint density at radius 1 is 0.959 bits per heavy atom. The third-order valence-electron chi connectivity index (χ3n) is 8.95. The first-order valence-electron chi connectivity index (χ1n) is 16.3. The largest absolute Gasteiger partial charge is 0.444 e. The van der Waals surface area contributed by atoms with Gasteiger partial charge in [0.2, 0.25) is 0 Å². The number of carbonyl (C=O) groups is 2. The number of carbonyl (C=O) groups excluding carboxylic acids is 2. The number of imidazole rings is 1. The zero-order valence-corrected chi connectivity index (χ0v) is 28.2. The average molecular weight is 670 g/mol. The van der Waals surface area contributed by atoms with Gasteiger partial charge in [-0.3, -0.25) is 9.36 Å². The van der Waals surface area contributed by atoms with Crippen LogP contribution in [-0.4, -0.2) is 43.1 Å². The second-order valence-electron chi connectivity index (χ2n) is 13.5. The molecule has 4 heterocycles. The predicted octanol–water partition coefficient (Wildman–Crippen LogP) is 8.27. The number of para-hydroxylation sites is 1. The first-order valence-corrected chi connectivity index (χ1v) is 17.3.